The van der Waals surface area contributed by atoms with Crippen molar-refractivity contribution in [2.45, 2.75) is 57.7 Å². The van der Waals surface area contributed by atoms with Crippen LogP contribution in [0.15, 0.2) is 0 Å². The molecule has 2 aliphatic rings. The molecule has 0 aromatic rings. The van der Waals surface area contributed by atoms with Gasteiger partial charge in [-0.15, -0.1) is 5.92 Å². The van der Waals surface area contributed by atoms with E-state index in [0.29, 0.717) is 24.4 Å². The van der Waals surface area contributed by atoms with E-state index < -0.39 is 0 Å². The average molecular weight is 206 g/mol. The van der Waals surface area contributed by atoms with Crippen LogP contribution in [0, 0.1) is 17.8 Å². The zero-order valence-corrected chi connectivity index (χ0v) is 9.29. The third-order valence-corrected chi connectivity index (χ3v) is 3.31. The highest BCUT2D eigenvalue weighted by atomic mass is 16.5. The lowest BCUT2D eigenvalue weighted by Gasteiger charge is -2.26. The summed E-state index contributed by atoms with van der Waals surface area (Å²) >= 11 is 0. The predicted octanol–water partition coefficient (Wildman–Crippen LogP) is 2.32. The molecular weight excluding hydrogens is 188 g/mol. The Bertz CT molecular complexity index is 285. The van der Waals surface area contributed by atoms with Gasteiger partial charge in [-0.1, -0.05) is 12.8 Å². The minimum absolute atomic E-state index is 0.224. The predicted molar refractivity (Wildman–Crippen MR) is 58.3 cm³/mol. The summed E-state index contributed by atoms with van der Waals surface area (Å²) in [6.07, 6.45) is 6.16. The Morgan fingerprint density at radius 3 is 2.53 bits per heavy atom. The van der Waals surface area contributed by atoms with Gasteiger partial charge in [-0.05, 0) is 25.7 Å². The van der Waals surface area contributed by atoms with E-state index in [1.165, 1.54) is 0 Å². The number of ether oxygens (including phenoxy) is 1. The highest BCUT2D eigenvalue weighted by Crippen LogP contribution is 2.36. The van der Waals surface area contributed by atoms with Crippen molar-refractivity contribution in [3.8, 4) is 11.8 Å². The van der Waals surface area contributed by atoms with Crippen molar-refractivity contribution < 1.29 is 9.53 Å². The molecule has 0 radical (unpaired) electrons. The molecule has 0 aromatic heterocycles. The van der Waals surface area contributed by atoms with Gasteiger partial charge >= 0.3 is 0 Å². The molecule has 2 bridgehead atoms. The molecule has 2 aliphatic heterocycles. The van der Waals surface area contributed by atoms with Gasteiger partial charge in [0.1, 0.15) is 5.78 Å². The highest BCUT2D eigenvalue weighted by Gasteiger charge is 2.37. The van der Waals surface area contributed by atoms with Crippen molar-refractivity contribution in [3.63, 3.8) is 0 Å². The lowest BCUT2D eigenvalue weighted by atomic mass is 9.90. The van der Waals surface area contributed by atoms with Crippen molar-refractivity contribution >= 4 is 5.78 Å². The van der Waals surface area contributed by atoms with Crippen LogP contribution in [0.4, 0.5) is 0 Å². The molecule has 2 atom stereocenters. The Kier molecular flexibility index (Phi) is 3.43. The molecule has 2 fully saturated rings. The van der Waals surface area contributed by atoms with E-state index in [4.69, 9.17) is 4.74 Å². The number of rotatable bonds is 2. The normalized spacial score (nSPS) is 33.3. The average Bonchev–Trinajstić information content (AvgIpc) is 2.58. The van der Waals surface area contributed by atoms with Crippen molar-refractivity contribution in [3.05, 3.63) is 0 Å². The molecule has 0 spiro atoms. The zero-order valence-electron chi connectivity index (χ0n) is 9.29. The first-order valence-corrected chi connectivity index (χ1v) is 5.93. The fourth-order valence-electron chi connectivity index (χ4n) is 2.54. The molecule has 2 unspecified atom stereocenters. The van der Waals surface area contributed by atoms with Crippen LogP contribution in [0.2, 0.25) is 0 Å². The SMILES string of the molecule is CCC#CCC(=O)C1CC2CCC(C1)O2. The van der Waals surface area contributed by atoms with Gasteiger partial charge in [-0.25, -0.2) is 0 Å². The summed E-state index contributed by atoms with van der Waals surface area (Å²) < 4.78 is 5.72. The maximum absolute atomic E-state index is 11.8. The van der Waals surface area contributed by atoms with Gasteiger partial charge < -0.3 is 4.74 Å². The molecule has 2 nitrogen and oxygen atoms in total. The molecule has 2 rings (SSSR count). The smallest absolute Gasteiger partial charge is 0.148 e. The Hall–Kier alpha value is -0.810. The van der Waals surface area contributed by atoms with Crippen LogP contribution < -0.4 is 0 Å². The summed E-state index contributed by atoms with van der Waals surface area (Å²) in [6, 6.07) is 0. The van der Waals surface area contributed by atoms with Crippen molar-refractivity contribution in [1.29, 1.82) is 0 Å². The van der Waals surface area contributed by atoms with Crippen LogP contribution in [0.25, 0.3) is 0 Å². The molecule has 15 heavy (non-hydrogen) atoms. The molecule has 2 heteroatoms. The summed E-state index contributed by atoms with van der Waals surface area (Å²) in [4.78, 5) is 11.8. The number of ketones is 1. The molecule has 0 amide bonds. The van der Waals surface area contributed by atoms with Crippen molar-refractivity contribution in [1.82, 2.24) is 0 Å². The molecular formula is C13H18O2. The van der Waals surface area contributed by atoms with Crippen LogP contribution in [0.3, 0.4) is 0 Å². The zero-order chi connectivity index (χ0) is 10.7. The number of carbonyl (C=O) groups is 1. The molecule has 0 N–H and O–H groups in total. The van der Waals surface area contributed by atoms with E-state index in [-0.39, 0.29) is 5.92 Å². The molecule has 0 saturated carbocycles. The number of hydrogen-bond donors (Lipinski definition) is 0. The standard InChI is InChI=1S/C13H18O2/c1-2-3-4-5-13(14)10-8-11-6-7-12(9-10)15-11/h10-12H,2,5-9H2,1H3. The number of hydrogen-bond acceptors (Lipinski definition) is 2. The largest absolute Gasteiger partial charge is 0.375 e. The van der Waals surface area contributed by atoms with E-state index in [2.05, 4.69) is 11.8 Å². The summed E-state index contributed by atoms with van der Waals surface area (Å²) in [5.74, 6) is 6.45. The minimum atomic E-state index is 0.224. The molecule has 0 aliphatic carbocycles. The van der Waals surface area contributed by atoms with Crippen LogP contribution in [-0.4, -0.2) is 18.0 Å². The van der Waals surface area contributed by atoms with E-state index in [0.717, 1.165) is 32.1 Å². The van der Waals surface area contributed by atoms with E-state index in [1.807, 2.05) is 6.92 Å². The Balaban J connectivity index is 1.86. The first-order chi connectivity index (χ1) is 7.29. The van der Waals surface area contributed by atoms with Gasteiger partial charge in [0.2, 0.25) is 0 Å². The first kappa shape index (κ1) is 10.7. The number of fused-ring (bicyclic) bond motifs is 2. The second-order valence-corrected chi connectivity index (χ2v) is 4.48. The first-order valence-electron chi connectivity index (χ1n) is 5.93. The fraction of sp³-hybridized carbons (Fsp3) is 0.769. The van der Waals surface area contributed by atoms with Crippen LogP contribution >= 0.6 is 0 Å². The monoisotopic (exact) mass is 206 g/mol. The van der Waals surface area contributed by atoms with Gasteiger partial charge in [-0.2, -0.15) is 0 Å². The van der Waals surface area contributed by atoms with Gasteiger partial charge in [0.05, 0.1) is 18.6 Å². The molecule has 0 aromatic carbocycles. The van der Waals surface area contributed by atoms with E-state index in [1.54, 1.807) is 0 Å². The molecule has 2 saturated heterocycles. The molecule has 82 valence electrons. The third kappa shape index (κ3) is 2.60. The van der Waals surface area contributed by atoms with E-state index >= 15 is 0 Å². The third-order valence-electron chi connectivity index (χ3n) is 3.31. The van der Waals surface area contributed by atoms with Crippen LogP contribution in [0.5, 0.6) is 0 Å². The van der Waals surface area contributed by atoms with Gasteiger partial charge in [0, 0.05) is 12.3 Å². The van der Waals surface area contributed by atoms with E-state index in [9.17, 15) is 4.79 Å². The maximum Gasteiger partial charge on any atom is 0.148 e. The van der Waals surface area contributed by atoms with Gasteiger partial charge in [0.25, 0.3) is 0 Å². The lowest BCUT2D eigenvalue weighted by molar-refractivity contribution is -0.127. The summed E-state index contributed by atoms with van der Waals surface area (Å²) in [6.45, 7) is 2.01. The maximum atomic E-state index is 11.8. The number of Topliss-reactive ketones (excluding diaryl/α,β-unsaturated/α-hetero) is 1. The Morgan fingerprint density at radius 2 is 1.93 bits per heavy atom. The van der Waals surface area contributed by atoms with Crippen LogP contribution in [0.1, 0.15) is 45.4 Å². The Morgan fingerprint density at radius 1 is 1.27 bits per heavy atom. The fourth-order valence-corrected chi connectivity index (χ4v) is 2.54. The van der Waals surface area contributed by atoms with Crippen molar-refractivity contribution in [2.75, 3.05) is 0 Å². The molecule has 2 heterocycles. The Labute approximate surface area is 91.4 Å². The van der Waals surface area contributed by atoms with Gasteiger partial charge in [-0.3, -0.25) is 4.79 Å². The quantitative estimate of drug-likeness (QED) is 0.648. The lowest BCUT2D eigenvalue weighted by Crippen LogP contribution is -2.29. The van der Waals surface area contributed by atoms with Crippen molar-refractivity contribution in [2.24, 2.45) is 5.92 Å². The summed E-state index contributed by atoms with van der Waals surface area (Å²) in [5, 5.41) is 0. The second-order valence-electron chi connectivity index (χ2n) is 4.48. The van der Waals surface area contributed by atoms with Crippen LogP contribution in [-0.2, 0) is 9.53 Å². The summed E-state index contributed by atoms with van der Waals surface area (Å²) in [7, 11) is 0. The van der Waals surface area contributed by atoms with Gasteiger partial charge in [0.15, 0.2) is 0 Å². The second kappa shape index (κ2) is 4.81. The number of carbonyl (C=O) groups excluding carboxylic acids is 1. The topological polar surface area (TPSA) is 26.3 Å². The summed E-state index contributed by atoms with van der Waals surface area (Å²) in [5.41, 5.74) is 0. The minimum Gasteiger partial charge on any atom is -0.375 e. The highest BCUT2D eigenvalue weighted by molar-refractivity contribution is 5.83.